The lowest BCUT2D eigenvalue weighted by atomic mass is 10.1. The Morgan fingerprint density at radius 3 is 2.75 bits per heavy atom. The van der Waals surface area contributed by atoms with Gasteiger partial charge in [-0.1, -0.05) is 30.2 Å². The lowest BCUT2D eigenvalue weighted by Crippen LogP contribution is -2.37. The van der Waals surface area contributed by atoms with Crippen LogP contribution in [0.25, 0.3) is 0 Å². The van der Waals surface area contributed by atoms with Crippen LogP contribution in [0.4, 0.5) is 0 Å². The minimum absolute atomic E-state index is 0.543. The molecule has 0 radical (unpaired) electrons. The Morgan fingerprint density at radius 2 is 2.06 bits per heavy atom. The fraction of sp³-hybridized carbons (Fsp3) is 0.538. The predicted octanol–water partition coefficient (Wildman–Crippen LogP) is 3.00. The van der Waals surface area contributed by atoms with Gasteiger partial charge in [0.1, 0.15) is 0 Å². The van der Waals surface area contributed by atoms with E-state index in [1.54, 1.807) is 0 Å². The summed E-state index contributed by atoms with van der Waals surface area (Å²) in [5.41, 5.74) is 1.18. The average Bonchev–Trinajstić information content (AvgIpc) is 2.33. The molecule has 0 amide bonds. The van der Waals surface area contributed by atoms with E-state index in [0.29, 0.717) is 12.6 Å². The Kier molecular flexibility index (Phi) is 4.64. The summed E-state index contributed by atoms with van der Waals surface area (Å²) < 4.78 is 5.69. The zero-order valence-corrected chi connectivity index (χ0v) is 10.2. The van der Waals surface area contributed by atoms with Gasteiger partial charge in [-0.2, -0.15) is 0 Å². The molecular weight excluding hydrogens is 222 g/mol. The largest absolute Gasteiger partial charge is 0.375 e. The Labute approximate surface area is 102 Å². The van der Waals surface area contributed by atoms with Gasteiger partial charge in [0.05, 0.1) is 13.2 Å². The minimum Gasteiger partial charge on any atom is -0.375 e. The summed E-state index contributed by atoms with van der Waals surface area (Å²) in [7, 11) is 0. The first kappa shape index (κ1) is 11.9. The molecule has 1 saturated heterocycles. The maximum Gasteiger partial charge on any atom is 0.0717 e. The van der Waals surface area contributed by atoms with E-state index in [9.17, 15) is 0 Å². The van der Waals surface area contributed by atoms with Gasteiger partial charge in [0, 0.05) is 11.1 Å². The molecule has 0 saturated carbocycles. The number of hydrogen-bond acceptors (Lipinski definition) is 2. The van der Waals surface area contributed by atoms with Crippen molar-refractivity contribution in [1.29, 1.82) is 0 Å². The van der Waals surface area contributed by atoms with Crippen LogP contribution in [-0.2, 0) is 11.3 Å². The molecule has 1 aromatic rings. The molecule has 2 rings (SSSR count). The summed E-state index contributed by atoms with van der Waals surface area (Å²) in [6, 6.07) is 8.37. The Hall–Kier alpha value is -0.570. The molecule has 2 nitrogen and oxygen atoms in total. The van der Waals surface area contributed by atoms with Gasteiger partial charge in [0.15, 0.2) is 0 Å². The van der Waals surface area contributed by atoms with Crippen LogP contribution >= 0.6 is 11.6 Å². The zero-order valence-electron chi connectivity index (χ0n) is 9.42. The number of piperidine rings is 1. The van der Waals surface area contributed by atoms with Gasteiger partial charge in [-0.3, -0.25) is 0 Å². The third-order valence-corrected chi connectivity index (χ3v) is 3.17. The Morgan fingerprint density at radius 1 is 1.25 bits per heavy atom. The Balaban J connectivity index is 1.69. The zero-order chi connectivity index (χ0) is 11.2. The summed E-state index contributed by atoms with van der Waals surface area (Å²) in [4.78, 5) is 0. The molecule has 88 valence electrons. The average molecular weight is 240 g/mol. The van der Waals surface area contributed by atoms with Crippen molar-refractivity contribution in [3.63, 3.8) is 0 Å². The maximum atomic E-state index is 5.82. The third-order valence-electron chi connectivity index (χ3n) is 2.91. The monoisotopic (exact) mass is 239 g/mol. The third kappa shape index (κ3) is 3.78. The molecular formula is C13H18ClNO. The second-order valence-electron chi connectivity index (χ2n) is 4.29. The lowest BCUT2D eigenvalue weighted by Gasteiger charge is -2.23. The van der Waals surface area contributed by atoms with Gasteiger partial charge in [0.25, 0.3) is 0 Å². The highest BCUT2D eigenvalue weighted by atomic mass is 35.5. The molecule has 1 aromatic carbocycles. The van der Waals surface area contributed by atoms with Crippen LogP contribution in [0, 0.1) is 0 Å². The maximum absolute atomic E-state index is 5.82. The van der Waals surface area contributed by atoms with Gasteiger partial charge >= 0.3 is 0 Å². The van der Waals surface area contributed by atoms with Crippen LogP contribution in [0.2, 0.25) is 5.02 Å². The first-order valence-electron chi connectivity index (χ1n) is 5.90. The van der Waals surface area contributed by atoms with Crippen molar-refractivity contribution >= 4 is 11.6 Å². The van der Waals surface area contributed by atoms with Crippen molar-refractivity contribution in [2.75, 3.05) is 13.2 Å². The van der Waals surface area contributed by atoms with Crippen molar-refractivity contribution in [2.24, 2.45) is 0 Å². The second-order valence-corrected chi connectivity index (χ2v) is 4.72. The molecule has 1 fully saturated rings. The fourth-order valence-electron chi connectivity index (χ4n) is 1.97. The van der Waals surface area contributed by atoms with Gasteiger partial charge in [0.2, 0.25) is 0 Å². The highest BCUT2D eigenvalue weighted by Gasteiger charge is 2.11. The molecule has 1 N–H and O–H groups in total. The number of halogens is 1. The van der Waals surface area contributed by atoms with E-state index in [-0.39, 0.29) is 0 Å². The standard InChI is InChI=1S/C13H18ClNO/c14-12-6-4-11(5-7-12)9-16-10-13-3-1-2-8-15-13/h4-7,13,15H,1-3,8-10H2. The van der Waals surface area contributed by atoms with Crippen molar-refractivity contribution in [3.8, 4) is 0 Å². The molecule has 16 heavy (non-hydrogen) atoms. The van der Waals surface area contributed by atoms with E-state index in [0.717, 1.165) is 18.2 Å². The molecule has 1 aliphatic rings. The van der Waals surface area contributed by atoms with Gasteiger partial charge in [-0.15, -0.1) is 0 Å². The summed E-state index contributed by atoms with van der Waals surface area (Å²) >= 11 is 5.82. The summed E-state index contributed by atoms with van der Waals surface area (Å²) in [6.07, 6.45) is 3.86. The molecule has 1 aliphatic heterocycles. The van der Waals surface area contributed by atoms with Gasteiger partial charge in [-0.05, 0) is 37.1 Å². The van der Waals surface area contributed by atoms with E-state index >= 15 is 0 Å². The molecule has 0 aliphatic carbocycles. The quantitative estimate of drug-likeness (QED) is 0.872. The van der Waals surface area contributed by atoms with Crippen LogP contribution < -0.4 is 5.32 Å². The SMILES string of the molecule is Clc1ccc(COCC2CCCCN2)cc1. The molecule has 1 atom stereocenters. The molecule has 0 aromatic heterocycles. The normalized spacial score (nSPS) is 20.9. The van der Waals surface area contributed by atoms with E-state index in [1.807, 2.05) is 24.3 Å². The molecule has 1 heterocycles. The summed E-state index contributed by atoms with van der Waals surface area (Å²) in [6.45, 7) is 2.62. The van der Waals surface area contributed by atoms with E-state index < -0.39 is 0 Å². The first-order chi connectivity index (χ1) is 7.84. The van der Waals surface area contributed by atoms with Crippen LogP contribution in [0.5, 0.6) is 0 Å². The Bertz CT molecular complexity index is 306. The number of benzene rings is 1. The minimum atomic E-state index is 0.543. The highest BCUT2D eigenvalue weighted by Crippen LogP contribution is 2.11. The van der Waals surface area contributed by atoms with Crippen molar-refractivity contribution in [3.05, 3.63) is 34.9 Å². The number of ether oxygens (including phenoxy) is 1. The fourth-order valence-corrected chi connectivity index (χ4v) is 2.09. The van der Waals surface area contributed by atoms with Crippen molar-refractivity contribution in [1.82, 2.24) is 5.32 Å². The molecule has 3 heteroatoms. The molecule has 0 spiro atoms. The van der Waals surface area contributed by atoms with E-state index in [2.05, 4.69) is 5.32 Å². The summed E-state index contributed by atoms with van der Waals surface area (Å²) in [5, 5.41) is 4.24. The number of rotatable bonds is 4. The van der Waals surface area contributed by atoms with Crippen molar-refractivity contribution in [2.45, 2.75) is 31.9 Å². The smallest absolute Gasteiger partial charge is 0.0717 e. The second kappa shape index (κ2) is 6.24. The van der Waals surface area contributed by atoms with Crippen LogP contribution in [0.3, 0.4) is 0 Å². The highest BCUT2D eigenvalue weighted by molar-refractivity contribution is 6.30. The van der Waals surface area contributed by atoms with Crippen molar-refractivity contribution < 1.29 is 4.74 Å². The van der Waals surface area contributed by atoms with E-state index in [1.165, 1.54) is 24.8 Å². The van der Waals surface area contributed by atoms with Crippen LogP contribution in [0.15, 0.2) is 24.3 Å². The topological polar surface area (TPSA) is 21.3 Å². The van der Waals surface area contributed by atoms with Gasteiger partial charge < -0.3 is 10.1 Å². The number of nitrogens with one attached hydrogen (secondary N) is 1. The van der Waals surface area contributed by atoms with Crippen LogP contribution in [0.1, 0.15) is 24.8 Å². The molecule has 1 unspecified atom stereocenters. The molecule has 0 bridgehead atoms. The van der Waals surface area contributed by atoms with Gasteiger partial charge in [-0.25, -0.2) is 0 Å². The first-order valence-corrected chi connectivity index (χ1v) is 6.28. The summed E-state index contributed by atoms with van der Waals surface area (Å²) in [5.74, 6) is 0. The van der Waals surface area contributed by atoms with E-state index in [4.69, 9.17) is 16.3 Å². The van der Waals surface area contributed by atoms with Crippen LogP contribution in [-0.4, -0.2) is 19.2 Å². The number of hydrogen-bond donors (Lipinski definition) is 1. The predicted molar refractivity (Wildman–Crippen MR) is 66.7 cm³/mol. The lowest BCUT2D eigenvalue weighted by molar-refractivity contribution is 0.0911.